The minimum atomic E-state index is -4.45. The number of carbonyl (C=O) groups is 2. The molecule has 36 heavy (non-hydrogen) atoms. The molecule has 2 unspecified atom stereocenters. The predicted octanol–water partition coefficient (Wildman–Crippen LogP) is 3.97. The summed E-state index contributed by atoms with van der Waals surface area (Å²) in [5.41, 5.74) is 0.614. The molecule has 3 aromatic rings. The van der Waals surface area contributed by atoms with Crippen molar-refractivity contribution in [2.75, 3.05) is 13.1 Å². The molecule has 1 heterocycles. The number of nitrogens with zero attached hydrogens (tertiary/aromatic N) is 1. The highest BCUT2D eigenvalue weighted by Gasteiger charge is 2.34. The summed E-state index contributed by atoms with van der Waals surface area (Å²) >= 11 is 0. The number of nitroso groups, excluding NO2 is 1. The fraction of sp³-hybridized carbons (Fsp3) is 0.231. The molecule has 0 aromatic heterocycles. The highest BCUT2D eigenvalue weighted by Crippen LogP contribution is 2.33. The lowest BCUT2D eigenvalue weighted by molar-refractivity contribution is -0.379. The van der Waals surface area contributed by atoms with Gasteiger partial charge in [-0.3, -0.25) is 4.79 Å². The Morgan fingerprint density at radius 1 is 0.917 bits per heavy atom. The molecular formula is C26H23F3N3O4+. The van der Waals surface area contributed by atoms with Crippen molar-refractivity contribution in [1.29, 1.82) is 0 Å². The molecule has 10 heteroatoms. The smallest absolute Gasteiger partial charge is 0.410 e. The van der Waals surface area contributed by atoms with Gasteiger partial charge in [0.05, 0.1) is 5.56 Å². The molecular weight excluding hydrogens is 475 g/mol. The fourth-order valence-electron chi connectivity index (χ4n) is 4.15. The zero-order valence-electron chi connectivity index (χ0n) is 19.0. The van der Waals surface area contributed by atoms with Crippen molar-refractivity contribution < 1.29 is 32.7 Å². The summed E-state index contributed by atoms with van der Waals surface area (Å²) < 4.78 is 44.5. The topological polar surface area (TPSA) is 89.7 Å². The monoisotopic (exact) mass is 498 g/mol. The summed E-state index contributed by atoms with van der Waals surface area (Å²) in [4.78, 5) is 37.8. The summed E-state index contributed by atoms with van der Waals surface area (Å²) in [5, 5.41) is 4.66. The molecule has 3 aromatic carbocycles. The van der Waals surface area contributed by atoms with Gasteiger partial charge < -0.3 is 15.0 Å². The van der Waals surface area contributed by atoms with Gasteiger partial charge in [0.2, 0.25) is 0 Å². The maximum absolute atomic E-state index is 13.0. The van der Waals surface area contributed by atoms with E-state index in [0.29, 0.717) is 23.2 Å². The van der Waals surface area contributed by atoms with Crippen molar-refractivity contribution in [2.24, 2.45) is 0 Å². The Bertz CT molecular complexity index is 1220. The van der Waals surface area contributed by atoms with E-state index in [2.05, 4.69) is 5.32 Å². The first-order chi connectivity index (χ1) is 17.2. The number of hydrogen-bond acceptors (Lipinski definition) is 4. The first-order valence-corrected chi connectivity index (χ1v) is 11.2. The van der Waals surface area contributed by atoms with Crippen molar-refractivity contribution in [3.05, 3.63) is 100 Å². The van der Waals surface area contributed by atoms with Gasteiger partial charge in [-0.25, -0.2) is 4.79 Å². The van der Waals surface area contributed by atoms with Crippen LogP contribution in [0.1, 0.15) is 33.8 Å². The number of benzene rings is 3. The Labute approximate surface area is 204 Å². The molecule has 1 fully saturated rings. The Hall–Kier alpha value is -4.21. The largest absolute Gasteiger partial charge is 0.416 e. The number of amides is 2. The van der Waals surface area contributed by atoms with E-state index >= 15 is 0 Å². The fourth-order valence-corrected chi connectivity index (χ4v) is 4.15. The zero-order valence-corrected chi connectivity index (χ0v) is 19.0. The van der Waals surface area contributed by atoms with E-state index in [1.165, 1.54) is 41.3 Å². The van der Waals surface area contributed by atoms with Crippen LogP contribution in [0.5, 0.6) is 5.75 Å². The summed E-state index contributed by atoms with van der Waals surface area (Å²) in [6, 6.07) is 18.8. The SMILES string of the molecule is O=[NH+]c1ccc(OC(=O)N2CC(NC(=O)c3ccccc3)CC(c3ccc(C(F)(F)F)cc3)C2)cc1. The Morgan fingerprint density at radius 2 is 1.58 bits per heavy atom. The summed E-state index contributed by atoms with van der Waals surface area (Å²) in [6.45, 7) is 0.358. The number of rotatable bonds is 5. The van der Waals surface area contributed by atoms with Gasteiger partial charge in [0.25, 0.3) is 11.6 Å². The molecule has 186 valence electrons. The number of carbonyl (C=O) groups excluding carboxylic acids is 2. The maximum atomic E-state index is 13.0. The number of halogens is 3. The van der Waals surface area contributed by atoms with Crippen LogP contribution >= 0.6 is 0 Å². The lowest BCUT2D eigenvalue weighted by Gasteiger charge is -2.37. The molecule has 4 rings (SSSR count). The quantitative estimate of drug-likeness (QED) is 0.557. The van der Waals surface area contributed by atoms with Crippen LogP contribution in [0.4, 0.5) is 23.7 Å². The van der Waals surface area contributed by atoms with Crippen LogP contribution in [0.3, 0.4) is 0 Å². The van der Waals surface area contributed by atoms with Crippen LogP contribution in [-0.4, -0.2) is 36.0 Å². The van der Waals surface area contributed by atoms with Gasteiger partial charge in [-0.15, -0.1) is 0 Å². The molecule has 2 N–H and O–H groups in total. The lowest BCUT2D eigenvalue weighted by atomic mass is 9.87. The molecule has 2 amide bonds. The van der Waals surface area contributed by atoms with Crippen molar-refractivity contribution in [3.63, 3.8) is 0 Å². The minimum absolute atomic E-state index is 0.161. The van der Waals surface area contributed by atoms with Gasteiger partial charge in [0, 0.05) is 52.8 Å². The number of likely N-dealkylation sites (tertiary alicyclic amines) is 1. The standard InChI is InChI=1S/C26H22F3N3O4/c27-26(28,29)20-8-6-17(7-9-20)19-14-22(30-24(33)18-4-2-1-3-5-18)16-32(15-19)25(34)36-23-12-10-21(31-35)11-13-23/h1-13,19,22H,14-16H2,(H,30,33)/p+1. The van der Waals surface area contributed by atoms with Crippen molar-refractivity contribution in [3.8, 4) is 5.75 Å². The number of nitrogens with one attached hydrogen (secondary N) is 2. The number of alkyl halides is 3. The highest BCUT2D eigenvalue weighted by atomic mass is 19.4. The van der Waals surface area contributed by atoms with E-state index in [9.17, 15) is 27.7 Å². The van der Waals surface area contributed by atoms with Gasteiger partial charge in [-0.2, -0.15) is 13.2 Å². The van der Waals surface area contributed by atoms with E-state index < -0.39 is 23.9 Å². The second-order valence-electron chi connectivity index (χ2n) is 8.49. The maximum Gasteiger partial charge on any atom is 0.416 e. The van der Waals surface area contributed by atoms with E-state index in [4.69, 9.17) is 4.74 Å². The van der Waals surface area contributed by atoms with Crippen LogP contribution in [0.15, 0.2) is 78.9 Å². The molecule has 7 nitrogen and oxygen atoms in total. The Kier molecular flexibility index (Phi) is 7.33. The van der Waals surface area contributed by atoms with E-state index in [1.807, 2.05) is 0 Å². The molecule has 2 atom stereocenters. The van der Waals surface area contributed by atoms with Gasteiger partial charge in [-0.1, -0.05) is 30.3 Å². The third-order valence-electron chi connectivity index (χ3n) is 5.97. The third kappa shape index (κ3) is 6.07. The van der Waals surface area contributed by atoms with Gasteiger partial charge in [0.15, 0.2) is 0 Å². The third-order valence-corrected chi connectivity index (χ3v) is 5.97. The number of hydrogen-bond donors (Lipinski definition) is 2. The lowest BCUT2D eigenvalue weighted by Crippen LogP contribution is -2.55. The second kappa shape index (κ2) is 10.6. The first kappa shape index (κ1) is 24.9. The Morgan fingerprint density at radius 3 is 2.19 bits per heavy atom. The summed E-state index contributed by atoms with van der Waals surface area (Å²) in [5.74, 6) is -0.426. The highest BCUT2D eigenvalue weighted by molar-refractivity contribution is 5.94. The van der Waals surface area contributed by atoms with Crippen LogP contribution in [0, 0.1) is 4.91 Å². The van der Waals surface area contributed by atoms with Crippen molar-refractivity contribution >= 4 is 17.7 Å². The molecule has 0 aliphatic carbocycles. The normalized spacial score (nSPS) is 17.8. The van der Waals surface area contributed by atoms with Gasteiger partial charge in [0.1, 0.15) is 5.75 Å². The predicted molar refractivity (Wildman–Crippen MR) is 125 cm³/mol. The summed E-state index contributed by atoms with van der Waals surface area (Å²) in [6.07, 6.45) is -4.70. The molecule has 0 radical (unpaired) electrons. The molecule has 0 bridgehead atoms. The molecule has 0 saturated carbocycles. The van der Waals surface area contributed by atoms with Crippen LogP contribution in [-0.2, 0) is 6.18 Å². The van der Waals surface area contributed by atoms with Crippen LogP contribution in [0.2, 0.25) is 0 Å². The van der Waals surface area contributed by atoms with Crippen LogP contribution < -0.4 is 15.2 Å². The van der Waals surface area contributed by atoms with Gasteiger partial charge in [-0.05, 0) is 48.4 Å². The van der Waals surface area contributed by atoms with E-state index in [-0.39, 0.29) is 30.7 Å². The molecule has 0 spiro atoms. The molecule has 1 aliphatic rings. The second-order valence-corrected chi connectivity index (χ2v) is 8.49. The Balaban J connectivity index is 1.53. The van der Waals surface area contributed by atoms with Gasteiger partial charge >= 0.3 is 12.3 Å². The van der Waals surface area contributed by atoms with E-state index in [0.717, 1.165) is 12.1 Å². The number of piperidine rings is 1. The van der Waals surface area contributed by atoms with E-state index in [1.54, 1.807) is 35.5 Å². The molecule has 1 aliphatic heterocycles. The zero-order chi connectivity index (χ0) is 25.7. The average Bonchev–Trinajstić information content (AvgIpc) is 2.89. The van der Waals surface area contributed by atoms with Crippen molar-refractivity contribution in [2.45, 2.75) is 24.6 Å². The summed E-state index contributed by atoms with van der Waals surface area (Å²) in [7, 11) is 0. The molecule has 1 saturated heterocycles. The van der Waals surface area contributed by atoms with Crippen LogP contribution in [0.25, 0.3) is 0 Å². The first-order valence-electron chi connectivity index (χ1n) is 11.2. The number of ether oxygens (including phenoxy) is 1. The van der Waals surface area contributed by atoms with Crippen molar-refractivity contribution in [1.82, 2.24) is 10.2 Å². The average molecular weight is 498 g/mol. The minimum Gasteiger partial charge on any atom is -0.410 e.